The molecule has 0 N–H and O–H groups in total. The first-order valence-corrected chi connectivity index (χ1v) is 7.46. The lowest BCUT2D eigenvalue weighted by Gasteiger charge is -2.12. The predicted octanol–water partition coefficient (Wildman–Crippen LogP) is 2.00. The van der Waals surface area contributed by atoms with E-state index >= 15 is 0 Å². The van der Waals surface area contributed by atoms with Crippen LogP contribution in [0, 0.1) is 5.21 Å². The fourth-order valence-electron chi connectivity index (χ4n) is 2.13. The molecule has 0 amide bonds. The molecule has 0 aliphatic rings. The molecule has 0 saturated heterocycles. The molecular weight excluding hydrogens is 326 g/mol. The van der Waals surface area contributed by atoms with Crippen molar-refractivity contribution in [1.29, 1.82) is 0 Å². The first kappa shape index (κ1) is 16.4. The van der Waals surface area contributed by atoms with E-state index in [2.05, 4.69) is 14.8 Å². The number of methoxy groups -OCH3 is 1. The van der Waals surface area contributed by atoms with Crippen molar-refractivity contribution < 1.29 is 23.9 Å². The van der Waals surface area contributed by atoms with Crippen LogP contribution in [0.15, 0.2) is 48.5 Å². The Bertz CT molecular complexity index is 898. The maximum atomic E-state index is 11.9. The second-order valence-corrected chi connectivity index (χ2v) is 5.11. The Balaban J connectivity index is 1.74. The van der Waals surface area contributed by atoms with Crippen LogP contribution in [0.3, 0.4) is 0 Å². The maximum absolute atomic E-state index is 11.9. The lowest BCUT2D eigenvalue weighted by Crippen LogP contribution is -2.32. The molecule has 8 nitrogen and oxygen atoms in total. The molecule has 128 valence electrons. The lowest BCUT2D eigenvalue weighted by molar-refractivity contribution is -0.643. The molecule has 1 unspecified atom stereocenters. The van der Waals surface area contributed by atoms with Crippen LogP contribution in [0.1, 0.15) is 6.92 Å². The molecule has 3 aromatic rings. The molecule has 8 heteroatoms. The van der Waals surface area contributed by atoms with E-state index in [4.69, 9.17) is 9.47 Å². The van der Waals surface area contributed by atoms with E-state index in [0.717, 1.165) is 0 Å². The predicted molar refractivity (Wildman–Crippen MR) is 87.1 cm³/mol. The molecule has 0 spiro atoms. The van der Waals surface area contributed by atoms with E-state index in [9.17, 15) is 10.0 Å². The summed E-state index contributed by atoms with van der Waals surface area (Å²) in [6, 6.07) is 13.2. The quantitative estimate of drug-likeness (QED) is 0.398. The molecule has 0 bridgehead atoms. The smallest absolute Gasteiger partial charge is 0.386 e. The number of aromatic nitrogens is 3. The summed E-state index contributed by atoms with van der Waals surface area (Å²) in [5.41, 5.74) is 0.838. The van der Waals surface area contributed by atoms with Crippen LogP contribution in [0.5, 0.6) is 17.5 Å². The van der Waals surface area contributed by atoms with Gasteiger partial charge in [-0.25, -0.2) is 4.79 Å². The van der Waals surface area contributed by atoms with E-state index in [1.807, 2.05) is 0 Å². The Morgan fingerprint density at radius 3 is 2.52 bits per heavy atom. The van der Waals surface area contributed by atoms with E-state index < -0.39 is 12.1 Å². The zero-order valence-corrected chi connectivity index (χ0v) is 13.6. The molecule has 0 aliphatic heterocycles. The second-order valence-electron chi connectivity index (χ2n) is 5.11. The van der Waals surface area contributed by atoms with Crippen LogP contribution in [0.25, 0.3) is 11.0 Å². The van der Waals surface area contributed by atoms with Gasteiger partial charge >= 0.3 is 12.0 Å². The fraction of sp³-hybridized carbons (Fsp3) is 0.176. The normalized spacial score (nSPS) is 11.8. The number of rotatable bonds is 5. The highest BCUT2D eigenvalue weighted by Crippen LogP contribution is 2.22. The fourth-order valence-corrected chi connectivity index (χ4v) is 2.13. The third-order valence-corrected chi connectivity index (χ3v) is 3.36. The third-order valence-electron chi connectivity index (χ3n) is 3.36. The number of ether oxygens (including phenoxy) is 3. The summed E-state index contributed by atoms with van der Waals surface area (Å²) < 4.78 is 15.5. The molecule has 1 heterocycles. The van der Waals surface area contributed by atoms with Crippen molar-refractivity contribution in [2.75, 3.05) is 7.11 Å². The summed E-state index contributed by atoms with van der Waals surface area (Å²) in [5.74, 6) is 0.432. The summed E-state index contributed by atoms with van der Waals surface area (Å²) >= 11 is 0. The van der Waals surface area contributed by atoms with Crippen LogP contribution >= 0.6 is 0 Å². The topological polar surface area (TPSA) is 97.5 Å². The zero-order chi connectivity index (χ0) is 17.8. The number of esters is 1. The van der Waals surface area contributed by atoms with Gasteiger partial charge in [-0.1, -0.05) is 12.1 Å². The standard InChI is InChI=1S/C17H15N3O5/c1-11(16(21)23-2)24-12-7-9-13(10-8-12)25-17-18-14-5-3-4-6-15(14)20(22)19-17/h3-11H,1-2H3. The van der Waals surface area contributed by atoms with Crippen LogP contribution < -0.4 is 14.3 Å². The number of carbonyl (C=O) groups is 1. The van der Waals surface area contributed by atoms with E-state index in [1.54, 1.807) is 55.5 Å². The molecule has 2 aromatic carbocycles. The molecule has 1 atom stereocenters. The van der Waals surface area contributed by atoms with Gasteiger partial charge in [0.1, 0.15) is 17.0 Å². The minimum atomic E-state index is -0.722. The van der Waals surface area contributed by atoms with Gasteiger partial charge in [-0.15, -0.1) is 0 Å². The highest BCUT2D eigenvalue weighted by Gasteiger charge is 2.15. The Hall–Kier alpha value is -3.42. The van der Waals surface area contributed by atoms with Crippen molar-refractivity contribution in [3.05, 3.63) is 53.7 Å². The number of benzene rings is 2. The van der Waals surface area contributed by atoms with Crippen molar-refractivity contribution in [3.63, 3.8) is 0 Å². The Morgan fingerprint density at radius 2 is 1.80 bits per heavy atom. The number of para-hydroxylation sites is 2. The van der Waals surface area contributed by atoms with Crippen molar-refractivity contribution in [2.24, 2.45) is 0 Å². The van der Waals surface area contributed by atoms with Crippen molar-refractivity contribution in [1.82, 2.24) is 10.1 Å². The molecule has 0 aliphatic carbocycles. The van der Waals surface area contributed by atoms with Crippen molar-refractivity contribution in [2.45, 2.75) is 13.0 Å². The number of fused-ring (bicyclic) bond motifs is 1. The number of hydrogen-bond donors (Lipinski definition) is 0. The van der Waals surface area contributed by atoms with E-state index in [1.165, 1.54) is 7.11 Å². The monoisotopic (exact) mass is 341 g/mol. The van der Waals surface area contributed by atoms with Crippen molar-refractivity contribution in [3.8, 4) is 17.5 Å². The van der Waals surface area contributed by atoms with Gasteiger partial charge in [0, 0.05) is 6.07 Å². The Morgan fingerprint density at radius 1 is 1.12 bits per heavy atom. The summed E-state index contributed by atoms with van der Waals surface area (Å²) in [7, 11) is 1.30. The first-order valence-electron chi connectivity index (χ1n) is 7.46. The van der Waals surface area contributed by atoms with Gasteiger partial charge < -0.3 is 19.4 Å². The van der Waals surface area contributed by atoms with Gasteiger partial charge in [0.15, 0.2) is 6.10 Å². The number of nitrogens with zero attached hydrogens (tertiary/aromatic N) is 3. The van der Waals surface area contributed by atoms with Gasteiger partial charge in [0.2, 0.25) is 0 Å². The number of carbonyl (C=O) groups excluding carboxylic acids is 1. The zero-order valence-electron chi connectivity index (χ0n) is 13.6. The third kappa shape index (κ3) is 3.74. The largest absolute Gasteiger partial charge is 0.594 e. The van der Waals surface area contributed by atoms with Crippen LogP contribution in [-0.4, -0.2) is 29.3 Å². The molecular formula is C17H15N3O5. The van der Waals surface area contributed by atoms with Crippen LogP contribution in [0.2, 0.25) is 0 Å². The Labute approximate surface area is 143 Å². The summed E-state index contributed by atoms with van der Waals surface area (Å²) in [5, 5.41) is 15.6. The average molecular weight is 341 g/mol. The molecule has 3 rings (SSSR count). The minimum absolute atomic E-state index is 0.0645. The maximum Gasteiger partial charge on any atom is 0.386 e. The molecule has 0 radical (unpaired) electrons. The van der Waals surface area contributed by atoms with Gasteiger partial charge in [0.05, 0.1) is 12.2 Å². The van der Waals surface area contributed by atoms with Gasteiger partial charge in [0.25, 0.3) is 5.52 Å². The van der Waals surface area contributed by atoms with Crippen LogP contribution in [-0.2, 0) is 9.53 Å². The van der Waals surface area contributed by atoms with E-state index in [0.29, 0.717) is 27.4 Å². The molecule has 25 heavy (non-hydrogen) atoms. The second kappa shape index (κ2) is 7.00. The highest BCUT2D eigenvalue weighted by atomic mass is 16.6. The SMILES string of the molecule is COC(=O)C(C)Oc1ccc(Oc2nc3ccccc3[n+]([O-])n2)cc1. The highest BCUT2D eigenvalue weighted by molar-refractivity contribution is 5.74. The number of hydrogen-bond acceptors (Lipinski definition) is 7. The average Bonchev–Trinajstić information content (AvgIpc) is 2.62. The summed E-state index contributed by atoms with van der Waals surface area (Å²) in [6.07, 6.45) is -0.722. The van der Waals surface area contributed by atoms with E-state index in [-0.39, 0.29) is 6.01 Å². The Kier molecular flexibility index (Phi) is 4.60. The first-order chi connectivity index (χ1) is 12.1. The van der Waals surface area contributed by atoms with Crippen molar-refractivity contribution >= 4 is 17.0 Å². The van der Waals surface area contributed by atoms with Gasteiger partial charge in [-0.3, -0.25) is 0 Å². The summed E-state index contributed by atoms with van der Waals surface area (Å²) in [4.78, 5) is 16.0. The molecule has 0 saturated carbocycles. The minimum Gasteiger partial charge on any atom is -0.594 e. The molecule has 1 aromatic heterocycles. The van der Waals surface area contributed by atoms with Crippen LogP contribution in [0.4, 0.5) is 0 Å². The van der Waals surface area contributed by atoms with Gasteiger partial charge in [-0.2, -0.15) is 4.98 Å². The van der Waals surface area contributed by atoms with Gasteiger partial charge in [-0.05, 0) is 42.1 Å². The lowest BCUT2D eigenvalue weighted by atomic mass is 10.3. The summed E-state index contributed by atoms with van der Waals surface area (Å²) in [6.45, 7) is 1.59. The molecule has 0 fully saturated rings.